The minimum atomic E-state index is -4.74. The summed E-state index contributed by atoms with van der Waals surface area (Å²) in [5.41, 5.74) is -1.59. The van der Waals surface area contributed by atoms with E-state index in [1.807, 2.05) is 0 Å². The van der Waals surface area contributed by atoms with Gasteiger partial charge in [-0.1, -0.05) is 11.6 Å². The van der Waals surface area contributed by atoms with Crippen molar-refractivity contribution < 1.29 is 17.4 Å². The molecule has 1 unspecified atom stereocenters. The quantitative estimate of drug-likeness (QED) is 0.630. The average Bonchev–Trinajstić information content (AvgIpc) is 3.17. The fourth-order valence-corrected chi connectivity index (χ4v) is 4.29. The molecule has 0 amide bonds. The summed E-state index contributed by atoms with van der Waals surface area (Å²) in [6.07, 6.45) is 0.773. The van der Waals surface area contributed by atoms with Crippen LogP contribution in [0.5, 0.6) is 0 Å². The maximum atomic E-state index is 13.6. The van der Waals surface area contributed by atoms with Crippen LogP contribution in [0.15, 0.2) is 46.3 Å². The van der Waals surface area contributed by atoms with Crippen LogP contribution >= 0.6 is 11.6 Å². The van der Waals surface area contributed by atoms with Crippen LogP contribution in [0.3, 0.4) is 0 Å². The van der Waals surface area contributed by atoms with Crippen molar-refractivity contribution >= 4 is 33.0 Å². The molecule has 3 heterocycles. The van der Waals surface area contributed by atoms with Gasteiger partial charge < -0.3 is 0 Å². The second-order valence-electron chi connectivity index (χ2n) is 6.58. The Hall–Kier alpha value is -3.06. The van der Waals surface area contributed by atoms with E-state index in [0.717, 1.165) is 6.07 Å². The van der Waals surface area contributed by atoms with E-state index in [2.05, 4.69) is 34.1 Å². The number of alkyl halides is 3. The molecule has 4 rings (SSSR count). The van der Waals surface area contributed by atoms with E-state index >= 15 is 0 Å². The molecule has 0 saturated heterocycles. The lowest BCUT2D eigenvalue weighted by atomic mass is 10.1. The van der Waals surface area contributed by atoms with E-state index in [-0.39, 0.29) is 22.4 Å². The number of aliphatic imine (C=N–C) groups is 1. The molecule has 1 aliphatic rings. The Labute approximate surface area is 179 Å². The predicted molar refractivity (Wildman–Crippen MR) is 108 cm³/mol. The van der Waals surface area contributed by atoms with Crippen molar-refractivity contribution in [2.75, 3.05) is 6.26 Å². The summed E-state index contributed by atoms with van der Waals surface area (Å²) in [4.78, 5) is 16.8. The first kappa shape index (κ1) is 21.2. The summed E-state index contributed by atoms with van der Waals surface area (Å²) in [6, 6.07) is 2.95. The Bertz CT molecular complexity index is 1300. The Kier molecular flexibility index (Phi) is 5.17. The number of hydrogen-bond donors (Lipinski definition) is 1. The third-order valence-corrected chi connectivity index (χ3v) is 5.52. The number of halogens is 4. The molecule has 9 nitrogen and oxygen atoms in total. The van der Waals surface area contributed by atoms with Gasteiger partial charge in [0.15, 0.2) is 5.82 Å². The van der Waals surface area contributed by atoms with Crippen molar-refractivity contribution in [2.24, 2.45) is 9.36 Å². The average molecular weight is 471 g/mol. The van der Waals surface area contributed by atoms with Gasteiger partial charge in [0.1, 0.15) is 28.1 Å². The number of rotatable bonds is 3. The molecule has 2 aromatic heterocycles. The summed E-state index contributed by atoms with van der Waals surface area (Å²) < 4.78 is 61.1. The Morgan fingerprint density at radius 1 is 1.23 bits per heavy atom. The van der Waals surface area contributed by atoms with E-state index < -0.39 is 33.4 Å². The second kappa shape index (κ2) is 7.57. The summed E-state index contributed by atoms with van der Waals surface area (Å²) in [6.45, 7) is 1.65. The normalized spacial score (nSPS) is 20.6. The van der Waals surface area contributed by atoms with Gasteiger partial charge in [0.25, 0.3) is 5.95 Å². The molecule has 3 aromatic rings. The number of benzene rings is 1. The Morgan fingerprint density at radius 3 is 2.61 bits per heavy atom. The zero-order chi connectivity index (χ0) is 22.4. The van der Waals surface area contributed by atoms with Crippen LogP contribution in [-0.2, 0) is 16.1 Å². The topological polar surface area (TPSA) is 110 Å². The molecule has 0 fully saturated rings. The summed E-state index contributed by atoms with van der Waals surface area (Å²) in [7, 11) is -3.23. The molecular weight excluding hydrogens is 457 g/mol. The van der Waals surface area contributed by atoms with Crippen LogP contribution in [0.2, 0.25) is 5.02 Å². The van der Waals surface area contributed by atoms with Crippen molar-refractivity contribution in [3.05, 3.63) is 58.9 Å². The zero-order valence-corrected chi connectivity index (χ0v) is 17.6. The molecule has 0 aliphatic carbocycles. The molecule has 0 radical (unpaired) electrons. The monoisotopic (exact) mass is 470 g/mol. The smallest absolute Gasteiger partial charge is 0.283 e. The van der Waals surface area contributed by atoms with E-state index in [4.69, 9.17) is 11.6 Å². The first-order valence-corrected chi connectivity index (χ1v) is 11.0. The van der Waals surface area contributed by atoms with Gasteiger partial charge in [-0.15, -0.1) is 0 Å². The SMILES string of the molecule is C[C@H](N=C1NS(C)(=O)=Nc2c1cc(Cl)cc2C(F)(F)F)c1ncnn1-c1ncccn1. The molecule has 1 aliphatic heterocycles. The van der Waals surface area contributed by atoms with E-state index in [1.165, 1.54) is 35.7 Å². The molecule has 1 N–H and O–H groups in total. The van der Waals surface area contributed by atoms with Crippen molar-refractivity contribution in [1.29, 1.82) is 0 Å². The van der Waals surface area contributed by atoms with Crippen LogP contribution in [0.4, 0.5) is 18.9 Å². The van der Waals surface area contributed by atoms with Crippen LogP contribution in [0, 0.1) is 0 Å². The number of nitrogens with zero attached hydrogens (tertiary/aromatic N) is 7. The number of aromatic nitrogens is 5. The zero-order valence-electron chi connectivity index (χ0n) is 16.0. The van der Waals surface area contributed by atoms with Crippen molar-refractivity contribution in [1.82, 2.24) is 29.5 Å². The van der Waals surface area contributed by atoms with Gasteiger partial charge in [-0.05, 0) is 25.1 Å². The van der Waals surface area contributed by atoms with Gasteiger partial charge in [-0.25, -0.2) is 19.2 Å². The third-order valence-electron chi connectivity index (χ3n) is 4.20. The predicted octanol–water partition coefficient (Wildman–Crippen LogP) is 3.48. The molecule has 0 bridgehead atoms. The third kappa shape index (κ3) is 4.23. The maximum Gasteiger partial charge on any atom is 0.418 e. The van der Waals surface area contributed by atoms with E-state index in [9.17, 15) is 17.4 Å². The van der Waals surface area contributed by atoms with Crippen LogP contribution in [-0.4, -0.2) is 41.0 Å². The van der Waals surface area contributed by atoms with Crippen molar-refractivity contribution in [3.63, 3.8) is 0 Å². The first-order valence-electron chi connectivity index (χ1n) is 8.71. The lowest BCUT2D eigenvalue weighted by Gasteiger charge is -2.23. The van der Waals surface area contributed by atoms with Crippen LogP contribution < -0.4 is 4.72 Å². The summed E-state index contributed by atoms with van der Waals surface area (Å²) in [5, 5.41) is 3.92. The highest BCUT2D eigenvalue weighted by atomic mass is 35.5. The number of hydrogen-bond acceptors (Lipinski definition) is 7. The lowest BCUT2D eigenvalue weighted by Crippen LogP contribution is -2.34. The van der Waals surface area contributed by atoms with E-state index in [1.54, 1.807) is 13.0 Å². The van der Waals surface area contributed by atoms with E-state index in [0.29, 0.717) is 5.82 Å². The molecule has 0 saturated carbocycles. The number of fused-ring (bicyclic) bond motifs is 1. The second-order valence-corrected chi connectivity index (χ2v) is 9.00. The molecule has 162 valence electrons. The lowest BCUT2D eigenvalue weighted by molar-refractivity contribution is -0.137. The highest BCUT2D eigenvalue weighted by Gasteiger charge is 2.38. The van der Waals surface area contributed by atoms with Crippen molar-refractivity contribution in [2.45, 2.75) is 19.1 Å². The fourth-order valence-electron chi connectivity index (χ4n) is 2.96. The molecule has 0 spiro atoms. The Morgan fingerprint density at radius 2 is 1.94 bits per heavy atom. The minimum Gasteiger partial charge on any atom is -0.283 e. The molecule has 1 aromatic carbocycles. The van der Waals surface area contributed by atoms with Gasteiger partial charge >= 0.3 is 6.18 Å². The standard InChI is InChI=1S/C17H14ClF3N8OS/c1-9(15-24-8-25-29(15)16-22-4-3-5-23-16)26-14-11-6-10(18)7-12(17(19,20)21)13(11)27-31(2,30)28-14/h3-9H,1-2H3,(H,26,27,28,30)/t9-,31?/m0/s1. The van der Waals surface area contributed by atoms with Crippen LogP contribution in [0.1, 0.15) is 29.9 Å². The van der Waals surface area contributed by atoms with Gasteiger partial charge in [0.2, 0.25) is 0 Å². The highest BCUT2D eigenvalue weighted by molar-refractivity contribution is 7.91. The Balaban J connectivity index is 1.85. The van der Waals surface area contributed by atoms with Gasteiger partial charge in [0.05, 0.1) is 11.3 Å². The highest BCUT2D eigenvalue weighted by Crippen LogP contribution is 2.42. The fraction of sp³-hybridized carbons (Fsp3) is 0.235. The molecule has 2 atom stereocenters. The van der Waals surface area contributed by atoms with Crippen LogP contribution in [0.25, 0.3) is 5.95 Å². The molecule has 14 heteroatoms. The number of amidine groups is 1. The largest absolute Gasteiger partial charge is 0.418 e. The van der Waals surface area contributed by atoms with Gasteiger partial charge in [0, 0.05) is 29.2 Å². The molecular formula is C17H14ClF3N8OS. The first-order chi connectivity index (χ1) is 14.5. The number of nitrogens with one attached hydrogen (secondary N) is 1. The summed E-state index contributed by atoms with van der Waals surface area (Å²) >= 11 is 5.93. The van der Waals surface area contributed by atoms with Gasteiger partial charge in [-0.2, -0.15) is 27.3 Å². The van der Waals surface area contributed by atoms with Gasteiger partial charge in [-0.3, -0.25) is 9.71 Å². The summed E-state index contributed by atoms with van der Waals surface area (Å²) in [5.74, 6) is 0.516. The van der Waals surface area contributed by atoms with Crippen molar-refractivity contribution in [3.8, 4) is 5.95 Å². The maximum absolute atomic E-state index is 13.6. The minimum absolute atomic E-state index is 0.0190. The molecule has 31 heavy (non-hydrogen) atoms.